The molecule has 3 N–H and O–H groups in total. The summed E-state index contributed by atoms with van der Waals surface area (Å²) >= 11 is 5.93. The Bertz CT molecular complexity index is 1240. The van der Waals surface area contributed by atoms with Crippen LogP contribution < -0.4 is 20.9 Å². The number of ether oxygens (including phenoxy) is 1. The van der Waals surface area contributed by atoms with Crippen LogP contribution in [0.1, 0.15) is 5.56 Å². The van der Waals surface area contributed by atoms with Crippen LogP contribution in [-0.2, 0) is 6.54 Å². The maximum absolute atomic E-state index is 12.4. The Balaban J connectivity index is 1.50. The average molecular weight is 423 g/mol. The van der Waals surface area contributed by atoms with Gasteiger partial charge in [0.05, 0.1) is 24.6 Å². The summed E-state index contributed by atoms with van der Waals surface area (Å²) in [6, 6.07) is 19.2. The number of halogens is 1. The second-order valence-electron chi connectivity index (χ2n) is 6.69. The zero-order chi connectivity index (χ0) is 21.1. The summed E-state index contributed by atoms with van der Waals surface area (Å²) in [7, 11) is 1.58. The summed E-state index contributed by atoms with van der Waals surface area (Å²) in [4.78, 5) is 24.7. The fraction of sp³-hybridized carbons (Fsp3) is 0.0909. The molecule has 3 aromatic carbocycles. The number of nitrogens with zero attached hydrogens (tertiary/aromatic N) is 1. The van der Waals surface area contributed by atoms with Gasteiger partial charge in [-0.2, -0.15) is 0 Å². The monoisotopic (exact) mass is 422 g/mol. The van der Waals surface area contributed by atoms with E-state index in [1.54, 1.807) is 54.3 Å². The van der Waals surface area contributed by atoms with Crippen molar-refractivity contribution < 1.29 is 9.53 Å². The van der Waals surface area contributed by atoms with Gasteiger partial charge in [0.1, 0.15) is 5.75 Å². The van der Waals surface area contributed by atoms with Crippen LogP contribution >= 0.6 is 11.6 Å². The molecule has 0 unspecified atom stereocenters. The number of anilines is 2. The number of rotatable bonds is 5. The number of methoxy groups -OCH3 is 1. The summed E-state index contributed by atoms with van der Waals surface area (Å²) in [5.41, 5.74) is 2.67. The van der Waals surface area contributed by atoms with Crippen LogP contribution in [0.4, 0.5) is 16.2 Å². The molecule has 0 bridgehead atoms. The largest absolute Gasteiger partial charge is 0.497 e. The highest BCUT2D eigenvalue weighted by Gasteiger charge is 2.10. The van der Waals surface area contributed by atoms with E-state index in [9.17, 15) is 9.59 Å². The number of nitrogens with one attached hydrogen (secondary N) is 3. The van der Waals surface area contributed by atoms with Crippen molar-refractivity contribution >= 4 is 39.9 Å². The molecule has 152 valence electrons. The topological polar surface area (TPSA) is 88.2 Å². The number of aromatic amines is 1. The lowest BCUT2D eigenvalue weighted by Gasteiger charge is -2.09. The Hall–Kier alpha value is -3.71. The lowest BCUT2D eigenvalue weighted by Crippen LogP contribution is -2.19. The number of urea groups is 1. The summed E-state index contributed by atoms with van der Waals surface area (Å²) in [6.45, 7) is 0.501. The normalized spacial score (nSPS) is 10.7. The van der Waals surface area contributed by atoms with Gasteiger partial charge in [-0.1, -0.05) is 23.7 Å². The van der Waals surface area contributed by atoms with Crippen LogP contribution in [0.2, 0.25) is 5.02 Å². The van der Waals surface area contributed by atoms with Gasteiger partial charge >= 0.3 is 6.03 Å². The Morgan fingerprint density at radius 1 is 1.00 bits per heavy atom. The predicted octanol–water partition coefficient (Wildman–Crippen LogP) is 4.68. The molecule has 0 aliphatic carbocycles. The molecular weight excluding hydrogens is 404 g/mol. The van der Waals surface area contributed by atoms with Crippen LogP contribution in [0.15, 0.2) is 71.5 Å². The Labute approximate surface area is 177 Å². The van der Waals surface area contributed by atoms with Crippen molar-refractivity contribution in [3.05, 3.63) is 87.7 Å². The lowest BCUT2D eigenvalue weighted by atomic mass is 10.2. The van der Waals surface area contributed by atoms with Gasteiger partial charge in [0.15, 0.2) is 0 Å². The first-order chi connectivity index (χ1) is 14.5. The number of amides is 2. The van der Waals surface area contributed by atoms with Gasteiger partial charge in [-0.15, -0.1) is 0 Å². The highest BCUT2D eigenvalue weighted by atomic mass is 35.5. The van der Waals surface area contributed by atoms with E-state index in [4.69, 9.17) is 16.3 Å². The molecule has 0 fully saturated rings. The SMILES string of the molecule is COc1ccc(NC(=O)Nc2ccc3c(c2)c(=O)[nH]n3Cc2ccc(Cl)cc2)cc1. The van der Waals surface area contributed by atoms with Gasteiger partial charge in [0.2, 0.25) is 0 Å². The van der Waals surface area contributed by atoms with Crippen molar-refractivity contribution in [2.45, 2.75) is 6.54 Å². The van der Waals surface area contributed by atoms with Gasteiger partial charge in [-0.3, -0.25) is 14.6 Å². The van der Waals surface area contributed by atoms with E-state index < -0.39 is 6.03 Å². The van der Waals surface area contributed by atoms with Crippen LogP contribution in [0.25, 0.3) is 10.9 Å². The Kier molecular flexibility index (Phi) is 5.45. The molecule has 4 rings (SSSR count). The first kappa shape index (κ1) is 19.6. The van der Waals surface area contributed by atoms with Gasteiger partial charge in [0, 0.05) is 16.4 Å². The number of hydrogen-bond acceptors (Lipinski definition) is 3. The maximum atomic E-state index is 12.4. The maximum Gasteiger partial charge on any atom is 0.323 e. The van der Waals surface area contributed by atoms with E-state index in [1.807, 2.05) is 24.3 Å². The summed E-state index contributed by atoms with van der Waals surface area (Å²) < 4.78 is 6.86. The predicted molar refractivity (Wildman–Crippen MR) is 119 cm³/mol. The highest BCUT2D eigenvalue weighted by molar-refractivity contribution is 6.30. The second-order valence-corrected chi connectivity index (χ2v) is 7.13. The second kappa shape index (κ2) is 8.34. The van der Waals surface area contributed by atoms with Crippen molar-refractivity contribution in [3.63, 3.8) is 0 Å². The number of aromatic nitrogens is 2. The van der Waals surface area contributed by atoms with E-state index in [1.165, 1.54) is 0 Å². The molecule has 2 amide bonds. The highest BCUT2D eigenvalue weighted by Crippen LogP contribution is 2.19. The van der Waals surface area contributed by atoms with Crippen molar-refractivity contribution in [2.24, 2.45) is 0 Å². The van der Waals surface area contributed by atoms with Crippen LogP contribution in [0, 0.1) is 0 Å². The molecular formula is C22H19ClN4O3. The van der Waals surface area contributed by atoms with Gasteiger partial charge in [-0.05, 0) is 60.2 Å². The third kappa shape index (κ3) is 4.31. The van der Waals surface area contributed by atoms with Gasteiger partial charge < -0.3 is 15.4 Å². The fourth-order valence-electron chi connectivity index (χ4n) is 3.14. The van der Waals surface area contributed by atoms with Crippen molar-refractivity contribution in [1.29, 1.82) is 0 Å². The Morgan fingerprint density at radius 3 is 2.37 bits per heavy atom. The first-order valence-corrected chi connectivity index (χ1v) is 9.59. The minimum Gasteiger partial charge on any atom is -0.497 e. The molecule has 0 radical (unpaired) electrons. The Morgan fingerprint density at radius 2 is 1.67 bits per heavy atom. The molecule has 1 heterocycles. The van der Waals surface area contributed by atoms with E-state index in [0.29, 0.717) is 34.1 Å². The fourth-order valence-corrected chi connectivity index (χ4v) is 3.26. The number of carbonyl (C=O) groups is 1. The molecule has 7 nitrogen and oxygen atoms in total. The molecule has 0 spiro atoms. The van der Waals surface area contributed by atoms with Gasteiger partial charge in [0.25, 0.3) is 5.56 Å². The van der Waals surface area contributed by atoms with Gasteiger partial charge in [-0.25, -0.2) is 4.79 Å². The third-order valence-corrected chi connectivity index (χ3v) is 4.88. The molecule has 4 aromatic rings. The molecule has 0 aliphatic rings. The molecule has 1 aromatic heterocycles. The number of fused-ring (bicyclic) bond motifs is 1. The zero-order valence-corrected chi connectivity index (χ0v) is 16.9. The number of benzene rings is 3. The molecule has 30 heavy (non-hydrogen) atoms. The van der Waals surface area contributed by atoms with Crippen molar-refractivity contribution in [1.82, 2.24) is 9.78 Å². The average Bonchev–Trinajstić information content (AvgIpc) is 3.05. The third-order valence-electron chi connectivity index (χ3n) is 4.63. The smallest absolute Gasteiger partial charge is 0.323 e. The van der Waals surface area contributed by atoms with Crippen molar-refractivity contribution in [2.75, 3.05) is 17.7 Å². The minimum absolute atomic E-state index is 0.224. The van der Waals surface area contributed by atoms with E-state index >= 15 is 0 Å². The first-order valence-electron chi connectivity index (χ1n) is 9.21. The number of H-pyrrole nitrogens is 1. The molecule has 0 aliphatic heterocycles. The van der Waals surface area contributed by atoms with Crippen LogP contribution in [0.3, 0.4) is 0 Å². The minimum atomic E-state index is -0.406. The summed E-state index contributed by atoms with van der Waals surface area (Å²) in [5, 5.41) is 9.47. The van der Waals surface area contributed by atoms with E-state index in [-0.39, 0.29) is 5.56 Å². The van der Waals surface area contributed by atoms with Crippen LogP contribution in [-0.4, -0.2) is 22.9 Å². The van der Waals surface area contributed by atoms with E-state index in [2.05, 4.69) is 15.7 Å². The van der Waals surface area contributed by atoms with Crippen LogP contribution in [0.5, 0.6) is 5.75 Å². The standard InChI is InChI=1S/C22H19ClN4O3/c1-30-18-9-6-16(7-10-18)24-22(29)25-17-8-11-20-19(12-17)21(28)26-27(20)13-14-2-4-15(23)5-3-14/h2-12H,13H2,1H3,(H,26,28)(H2,24,25,29). The molecule has 8 heteroatoms. The molecule has 0 atom stereocenters. The summed E-state index contributed by atoms with van der Waals surface area (Å²) in [5.74, 6) is 0.703. The quantitative estimate of drug-likeness (QED) is 0.436. The molecule has 0 saturated carbocycles. The molecule has 0 saturated heterocycles. The lowest BCUT2D eigenvalue weighted by molar-refractivity contribution is 0.262. The van der Waals surface area contributed by atoms with E-state index in [0.717, 1.165) is 11.1 Å². The number of hydrogen-bond donors (Lipinski definition) is 3. The summed E-state index contributed by atoms with van der Waals surface area (Å²) in [6.07, 6.45) is 0. The number of carbonyl (C=O) groups excluding carboxylic acids is 1. The zero-order valence-electron chi connectivity index (χ0n) is 16.1. The van der Waals surface area contributed by atoms with Crippen molar-refractivity contribution in [3.8, 4) is 5.75 Å².